The third-order valence-electron chi connectivity index (χ3n) is 5.84. The predicted octanol–water partition coefficient (Wildman–Crippen LogP) is 6.22. The van der Waals surface area contributed by atoms with Crippen molar-refractivity contribution in [2.75, 3.05) is 0 Å². The van der Waals surface area contributed by atoms with Crippen molar-refractivity contribution in [3.8, 4) is 0 Å². The average molecular weight is 389 g/mol. The van der Waals surface area contributed by atoms with E-state index in [-0.39, 0.29) is 17.2 Å². The van der Waals surface area contributed by atoms with E-state index in [1.54, 1.807) is 6.07 Å². The molecule has 0 saturated heterocycles. The van der Waals surface area contributed by atoms with Crippen LogP contribution in [-0.2, 0) is 6.42 Å². The molecule has 0 spiro atoms. The van der Waals surface area contributed by atoms with Gasteiger partial charge in [0, 0.05) is 5.39 Å². The highest BCUT2D eigenvalue weighted by molar-refractivity contribution is 6.06. The van der Waals surface area contributed by atoms with E-state index in [4.69, 9.17) is 4.98 Å². The molecule has 1 unspecified atom stereocenters. The second kappa shape index (κ2) is 7.11. The van der Waals surface area contributed by atoms with Crippen LogP contribution in [0, 0.1) is 17.2 Å². The van der Waals surface area contributed by atoms with Crippen LogP contribution in [-0.4, -0.2) is 16.1 Å². The van der Waals surface area contributed by atoms with E-state index in [2.05, 4.69) is 20.8 Å². The molecule has 0 radical (unpaired) electrons. The maximum Gasteiger partial charge on any atom is 0.336 e. The summed E-state index contributed by atoms with van der Waals surface area (Å²) in [6.07, 6.45) is 3.39. The van der Waals surface area contributed by atoms with Crippen LogP contribution in [0.1, 0.15) is 54.4 Å². The first-order chi connectivity index (χ1) is 13.7. The molecule has 0 aliphatic heterocycles. The molecule has 1 aliphatic carbocycles. The molecule has 0 bridgehead atoms. The number of nitrogens with zero attached hydrogens (tertiary/aromatic N) is 1. The van der Waals surface area contributed by atoms with Gasteiger partial charge >= 0.3 is 5.97 Å². The third-order valence-corrected chi connectivity index (χ3v) is 5.84. The number of hydrogen-bond acceptors (Lipinski definition) is 2. The number of carbonyl (C=O) groups is 1. The molecule has 1 aliphatic rings. The molecule has 2 aromatic carbocycles. The van der Waals surface area contributed by atoms with E-state index in [9.17, 15) is 14.3 Å². The van der Waals surface area contributed by atoms with Crippen molar-refractivity contribution in [3.05, 3.63) is 76.7 Å². The molecule has 29 heavy (non-hydrogen) atoms. The van der Waals surface area contributed by atoms with E-state index in [0.29, 0.717) is 22.9 Å². The van der Waals surface area contributed by atoms with Gasteiger partial charge in [-0.2, -0.15) is 0 Å². The second-order valence-electron chi connectivity index (χ2n) is 8.83. The molecule has 3 nitrogen and oxygen atoms in total. The van der Waals surface area contributed by atoms with Gasteiger partial charge in [0.15, 0.2) is 0 Å². The fourth-order valence-corrected chi connectivity index (χ4v) is 4.18. The molecule has 1 heterocycles. The van der Waals surface area contributed by atoms with Gasteiger partial charge in [0.05, 0.1) is 16.8 Å². The van der Waals surface area contributed by atoms with Gasteiger partial charge in [0.2, 0.25) is 0 Å². The number of halogens is 1. The minimum atomic E-state index is -0.931. The molecule has 0 amide bonds. The van der Waals surface area contributed by atoms with Gasteiger partial charge in [0.25, 0.3) is 0 Å². The van der Waals surface area contributed by atoms with Crippen LogP contribution in [0.5, 0.6) is 0 Å². The van der Waals surface area contributed by atoms with Crippen LogP contribution >= 0.6 is 0 Å². The number of allylic oxidation sites excluding steroid dienone is 1. The Hall–Kier alpha value is -3.01. The number of carboxylic acids is 1. The van der Waals surface area contributed by atoms with Crippen LogP contribution in [0.15, 0.2) is 48.5 Å². The summed E-state index contributed by atoms with van der Waals surface area (Å²) in [5, 5.41) is 10.7. The Bertz CT molecular complexity index is 1140. The summed E-state index contributed by atoms with van der Waals surface area (Å²) in [6.45, 7) is 6.53. The summed E-state index contributed by atoms with van der Waals surface area (Å²) in [4.78, 5) is 17.1. The molecule has 3 aromatic rings. The summed E-state index contributed by atoms with van der Waals surface area (Å²) in [5.41, 5.74) is 4.24. The van der Waals surface area contributed by atoms with Gasteiger partial charge in [-0.05, 0) is 65.1 Å². The minimum Gasteiger partial charge on any atom is -0.478 e. The van der Waals surface area contributed by atoms with E-state index >= 15 is 0 Å². The average Bonchev–Trinajstić information content (AvgIpc) is 2.65. The molecule has 1 aromatic heterocycles. The zero-order chi connectivity index (χ0) is 20.8. The van der Waals surface area contributed by atoms with Crippen molar-refractivity contribution in [1.29, 1.82) is 0 Å². The van der Waals surface area contributed by atoms with Crippen molar-refractivity contribution in [2.45, 2.75) is 33.6 Å². The Kier molecular flexibility index (Phi) is 4.73. The fraction of sp³-hybridized carbons (Fsp3) is 0.280. The smallest absolute Gasteiger partial charge is 0.336 e. The highest BCUT2D eigenvalue weighted by Crippen LogP contribution is 2.44. The molecule has 0 saturated carbocycles. The van der Waals surface area contributed by atoms with Crippen LogP contribution in [0.2, 0.25) is 0 Å². The predicted molar refractivity (Wildman–Crippen MR) is 114 cm³/mol. The SMILES string of the molecule is CC(C)(C)C1CC(=Cc2cccc(F)c2)c2nc3ccccc3c(C(=O)O)c2C1. The summed E-state index contributed by atoms with van der Waals surface area (Å²) in [6, 6.07) is 13.8. The molecule has 0 fully saturated rings. The number of pyridine rings is 1. The lowest BCUT2D eigenvalue weighted by Crippen LogP contribution is -2.28. The van der Waals surface area contributed by atoms with Gasteiger partial charge in [-0.25, -0.2) is 14.2 Å². The Labute approximate surface area is 169 Å². The molecule has 4 heteroatoms. The number of para-hydroxylation sites is 1. The molecule has 1 N–H and O–H groups in total. The first-order valence-corrected chi connectivity index (χ1v) is 9.85. The van der Waals surface area contributed by atoms with Crippen molar-refractivity contribution in [3.63, 3.8) is 0 Å². The summed E-state index contributed by atoms with van der Waals surface area (Å²) >= 11 is 0. The minimum absolute atomic E-state index is 0.000135. The topological polar surface area (TPSA) is 50.2 Å². The number of aromatic nitrogens is 1. The highest BCUT2D eigenvalue weighted by atomic mass is 19.1. The monoisotopic (exact) mass is 389 g/mol. The zero-order valence-electron chi connectivity index (χ0n) is 16.9. The van der Waals surface area contributed by atoms with E-state index in [1.165, 1.54) is 12.1 Å². The Morgan fingerprint density at radius 1 is 1.14 bits per heavy atom. The van der Waals surface area contributed by atoms with Crippen molar-refractivity contribution in [1.82, 2.24) is 4.98 Å². The van der Waals surface area contributed by atoms with Crippen molar-refractivity contribution < 1.29 is 14.3 Å². The van der Waals surface area contributed by atoms with Crippen molar-refractivity contribution in [2.24, 2.45) is 11.3 Å². The van der Waals surface area contributed by atoms with Gasteiger partial charge in [-0.1, -0.05) is 51.1 Å². The van der Waals surface area contributed by atoms with Crippen molar-refractivity contribution >= 4 is 28.5 Å². The summed E-state index contributed by atoms with van der Waals surface area (Å²) < 4.78 is 13.7. The van der Waals surface area contributed by atoms with Crippen LogP contribution in [0.4, 0.5) is 4.39 Å². The number of rotatable bonds is 2. The van der Waals surface area contributed by atoms with Gasteiger partial charge in [-0.3, -0.25) is 0 Å². The quantitative estimate of drug-likeness (QED) is 0.566. The fourth-order valence-electron chi connectivity index (χ4n) is 4.18. The van der Waals surface area contributed by atoms with Gasteiger partial charge < -0.3 is 5.11 Å². The third kappa shape index (κ3) is 3.67. The highest BCUT2D eigenvalue weighted by Gasteiger charge is 2.35. The maximum absolute atomic E-state index is 13.7. The largest absolute Gasteiger partial charge is 0.478 e. The Morgan fingerprint density at radius 2 is 1.90 bits per heavy atom. The normalized spacial score (nSPS) is 18.1. The molecule has 1 atom stereocenters. The van der Waals surface area contributed by atoms with E-state index in [0.717, 1.165) is 28.8 Å². The first kappa shape index (κ1) is 19.3. The molecule has 4 rings (SSSR count). The van der Waals surface area contributed by atoms with Gasteiger partial charge in [0.1, 0.15) is 5.82 Å². The summed E-state index contributed by atoms with van der Waals surface area (Å²) in [5.74, 6) is -0.962. The lowest BCUT2D eigenvalue weighted by molar-refractivity contribution is 0.0696. The lowest BCUT2D eigenvalue weighted by Gasteiger charge is -2.36. The first-order valence-electron chi connectivity index (χ1n) is 9.85. The lowest BCUT2D eigenvalue weighted by atomic mass is 9.69. The standard InChI is InChI=1S/C25H24FNO2/c1-25(2,3)17-13-16(11-15-7-6-8-18(26)12-15)23-20(14-17)22(24(28)29)19-9-4-5-10-21(19)27-23/h4-12,17H,13-14H2,1-3H3,(H,28,29). The van der Waals surface area contributed by atoms with Crippen LogP contribution in [0.3, 0.4) is 0 Å². The number of fused-ring (bicyclic) bond motifs is 2. The van der Waals surface area contributed by atoms with Crippen LogP contribution in [0.25, 0.3) is 22.6 Å². The number of carboxylic acid groups (broad SMARTS) is 1. The van der Waals surface area contributed by atoms with Gasteiger partial charge in [-0.15, -0.1) is 0 Å². The second-order valence-corrected chi connectivity index (χ2v) is 8.83. The molecular formula is C25H24FNO2. The van der Waals surface area contributed by atoms with E-state index < -0.39 is 5.97 Å². The van der Waals surface area contributed by atoms with Crippen LogP contribution < -0.4 is 0 Å². The number of hydrogen-bond donors (Lipinski definition) is 1. The molecular weight excluding hydrogens is 365 g/mol. The number of aromatic carboxylic acids is 1. The zero-order valence-corrected chi connectivity index (χ0v) is 16.9. The Balaban J connectivity index is 2.00. The molecule has 148 valence electrons. The Morgan fingerprint density at radius 3 is 2.59 bits per heavy atom. The number of benzene rings is 2. The maximum atomic E-state index is 13.7. The van der Waals surface area contributed by atoms with E-state index in [1.807, 2.05) is 36.4 Å². The summed E-state index contributed by atoms with van der Waals surface area (Å²) in [7, 11) is 0.